The van der Waals surface area contributed by atoms with Gasteiger partial charge in [0, 0.05) is 12.2 Å². The van der Waals surface area contributed by atoms with Gasteiger partial charge in [-0.05, 0) is 24.1 Å². The van der Waals surface area contributed by atoms with Crippen molar-refractivity contribution < 1.29 is 14.3 Å². The molecule has 1 aromatic rings. The van der Waals surface area contributed by atoms with Crippen LogP contribution < -0.4 is 11.1 Å². The van der Waals surface area contributed by atoms with Crippen LogP contribution in [-0.4, -0.2) is 38.4 Å². The SMILES string of the molecule is Nc1ccc(CCNC(=O)C2COCCO2)cc1. The van der Waals surface area contributed by atoms with Gasteiger partial charge in [0.25, 0.3) is 5.91 Å². The maximum absolute atomic E-state index is 11.7. The molecular formula is C13H18N2O3. The zero-order chi connectivity index (χ0) is 12.8. The van der Waals surface area contributed by atoms with Gasteiger partial charge in [-0.15, -0.1) is 0 Å². The van der Waals surface area contributed by atoms with Gasteiger partial charge in [-0.3, -0.25) is 4.79 Å². The molecule has 18 heavy (non-hydrogen) atoms. The quantitative estimate of drug-likeness (QED) is 0.756. The van der Waals surface area contributed by atoms with Crippen molar-refractivity contribution >= 4 is 11.6 Å². The first-order valence-corrected chi connectivity index (χ1v) is 6.07. The van der Waals surface area contributed by atoms with Gasteiger partial charge in [-0.25, -0.2) is 0 Å². The van der Waals surface area contributed by atoms with Crippen LogP contribution in [0, 0.1) is 0 Å². The van der Waals surface area contributed by atoms with Crippen molar-refractivity contribution in [1.82, 2.24) is 5.32 Å². The second kappa shape index (κ2) is 6.37. The second-order valence-corrected chi connectivity index (χ2v) is 4.22. The van der Waals surface area contributed by atoms with E-state index in [1.165, 1.54) is 0 Å². The number of carbonyl (C=O) groups is 1. The molecule has 0 radical (unpaired) electrons. The monoisotopic (exact) mass is 250 g/mol. The highest BCUT2D eigenvalue weighted by molar-refractivity contribution is 5.80. The zero-order valence-corrected chi connectivity index (χ0v) is 10.2. The lowest BCUT2D eigenvalue weighted by Gasteiger charge is -2.22. The highest BCUT2D eigenvalue weighted by Crippen LogP contribution is 2.06. The van der Waals surface area contributed by atoms with Gasteiger partial charge in [0.15, 0.2) is 6.10 Å². The van der Waals surface area contributed by atoms with Crippen LogP contribution >= 0.6 is 0 Å². The lowest BCUT2D eigenvalue weighted by molar-refractivity contribution is -0.147. The Labute approximate surface area is 106 Å². The number of rotatable bonds is 4. The summed E-state index contributed by atoms with van der Waals surface area (Å²) in [5.74, 6) is -0.106. The molecule has 0 aliphatic carbocycles. The highest BCUT2D eigenvalue weighted by Gasteiger charge is 2.21. The molecule has 1 aromatic carbocycles. The van der Waals surface area contributed by atoms with Crippen molar-refractivity contribution in [2.45, 2.75) is 12.5 Å². The van der Waals surface area contributed by atoms with Gasteiger partial charge in [-0.1, -0.05) is 12.1 Å². The zero-order valence-electron chi connectivity index (χ0n) is 10.2. The van der Waals surface area contributed by atoms with E-state index in [4.69, 9.17) is 15.2 Å². The summed E-state index contributed by atoms with van der Waals surface area (Å²) >= 11 is 0. The van der Waals surface area contributed by atoms with Gasteiger partial charge in [0.05, 0.1) is 19.8 Å². The molecule has 0 spiro atoms. The van der Waals surface area contributed by atoms with Crippen molar-refractivity contribution in [2.24, 2.45) is 0 Å². The number of hydrogen-bond donors (Lipinski definition) is 2. The van der Waals surface area contributed by atoms with Crippen LogP contribution in [0.3, 0.4) is 0 Å². The van der Waals surface area contributed by atoms with E-state index in [2.05, 4.69) is 5.32 Å². The summed E-state index contributed by atoms with van der Waals surface area (Å²) in [4.78, 5) is 11.7. The molecule has 1 fully saturated rings. The van der Waals surface area contributed by atoms with Gasteiger partial charge in [0.1, 0.15) is 0 Å². The van der Waals surface area contributed by atoms with Crippen LogP contribution in [0.25, 0.3) is 0 Å². The van der Waals surface area contributed by atoms with Crippen LogP contribution in [-0.2, 0) is 20.7 Å². The molecule has 1 saturated heterocycles. The fraction of sp³-hybridized carbons (Fsp3) is 0.462. The standard InChI is InChI=1S/C13H18N2O3/c14-11-3-1-10(2-4-11)5-6-15-13(16)12-9-17-7-8-18-12/h1-4,12H,5-9,14H2,(H,15,16). The smallest absolute Gasteiger partial charge is 0.251 e. The molecule has 1 amide bonds. The Bertz CT molecular complexity index is 386. The first kappa shape index (κ1) is 12.9. The van der Waals surface area contributed by atoms with Crippen molar-refractivity contribution in [3.05, 3.63) is 29.8 Å². The van der Waals surface area contributed by atoms with Crippen LogP contribution in [0.1, 0.15) is 5.56 Å². The number of benzene rings is 1. The number of amides is 1. The topological polar surface area (TPSA) is 73.6 Å². The van der Waals surface area contributed by atoms with Crippen LogP contribution in [0.15, 0.2) is 24.3 Å². The van der Waals surface area contributed by atoms with E-state index >= 15 is 0 Å². The molecule has 1 heterocycles. The summed E-state index contributed by atoms with van der Waals surface area (Å²) in [6.07, 6.45) is 0.310. The molecule has 3 N–H and O–H groups in total. The fourth-order valence-corrected chi connectivity index (χ4v) is 1.77. The minimum absolute atomic E-state index is 0.106. The predicted octanol–water partition coefficient (Wildman–Crippen LogP) is 0.343. The number of hydrogen-bond acceptors (Lipinski definition) is 4. The molecule has 0 saturated carbocycles. The Kier molecular flexibility index (Phi) is 4.55. The number of nitrogens with two attached hydrogens (primary N) is 1. The lowest BCUT2D eigenvalue weighted by Crippen LogP contribution is -2.43. The third-order valence-electron chi connectivity index (χ3n) is 2.80. The average Bonchev–Trinajstić information content (AvgIpc) is 2.42. The van der Waals surface area contributed by atoms with Gasteiger partial charge >= 0.3 is 0 Å². The van der Waals surface area contributed by atoms with Crippen LogP contribution in [0.5, 0.6) is 0 Å². The van der Waals surface area contributed by atoms with E-state index in [1.807, 2.05) is 24.3 Å². The summed E-state index contributed by atoms with van der Waals surface area (Å²) in [7, 11) is 0. The molecule has 2 rings (SSSR count). The largest absolute Gasteiger partial charge is 0.399 e. The van der Waals surface area contributed by atoms with Gasteiger partial charge in [0.2, 0.25) is 0 Å². The molecule has 1 aliphatic rings. The van der Waals surface area contributed by atoms with Gasteiger partial charge in [-0.2, -0.15) is 0 Å². The molecule has 0 bridgehead atoms. The number of ether oxygens (including phenoxy) is 2. The van der Waals surface area contributed by atoms with E-state index in [0.717, 1.165) is 17.7 Å². The molecular weight excluding hydrogens is 232 g/mol. The average molecular weight is 250 g/mol. The summed E-state index contributed by atoms with van der Waals surface area (Å²) in [6.45, 7) is 1.97. The Balaban J connectivity index is 1.71. The van der Waals surface area contributed by atoms with Crippen molar-refractivity contribution in [3.63, 3.8) is 0 Å². The second-order valence-electron chi connectivity index (χ2n) is 4.22. The molecule has 5 heteroatoms. The summed E-state index contributed by atoms with van der Waals surface area (Å²) in [5.41, 5.74) is 7.49. The Morgan fingerprint density at radius 2 is 2.11 bits per heavy atom. The Morgan fingerprint density at radius 1 is 1.33 bits per heavy atom. The maximum Gasteiger partial charge on any atom is 0.251 e. The Morgan fingerprint density at radius 3 is 2.78 bits per heavy atom. The minimum atomic E-state index is -0.467. The van der Waals surface area contributed by atoms with Crippen LogP contribution in [0.4, 0.5) is 5.69 Å². The molecule has 1 atom stereocenters. The molecule has 0 aromatic heterocycles. The van der Waals surface area contributed by atoms with Crippen molar-refractivity contribution in [2.75, 3.05) is 32.1 Å². The number of nitrogen functional groups attached to an aromatic ring is 1. The predicted molar refractivity (Wildman–Crippen MR) is 68.1 cm³/mol. The van der Waals surface area contributed by atoms with E-state index in [0.29, 0.717) is 26.4 Å². The third-order valence-corrected chi connectivity index (χ3v) is 2.80. The number of anilines is 1. The molecule has 1 unspecified atom stereocenters. The number of carbonyl (C=O) groups excluding carboxylic acids is 1. The van der Waals surface area contributed by atoms with Crippen LogP contribution in [0.2, 0.25) is 0 Å². The lowest BCUT2D eigenvalue weighted by atomic mass is 10.1. The van der Waals surface area contributed by atoms with Crippen molar-refractivity contribution in [3.8, 4) is 0 Å². The summed E-state index contributed by atoms with van der Waals surface area (Å²) < 4.78 is 10.5. The molecule has 5 nitrogen and oxygen atoms in total. The molecule has 98 valence electrons. The molecule has 1 aliphatic heterocycles. The Hall–Kier alpha value is -1.59. The summed E-state index contributed by atoms with van der Waals surface area (Å²) in [6, 6.07) is 7.63. The fourth-order valence-electron chi connectivity index (χ4n) is 1.77. The summed E-state index contributed by atoms with van der Waals surface area (Å²) in [5, 5.41) is 2.84. The first-order chi connectivity index (χ1) is 8.75. The third kappa shape index (κ3) is 3.72. The highest BCUT2D eigenvalue weighted by atomic mass is 16.6. The number of nitrogens with one attached hydrogen (secondary N) is 1. The minimum Gasteiger partial charge on any atom is -0.399 e. The van der Waals surface area contributed by atoms with E-state index < -0.39 is 6.10 Å². The first-order valence-electron chi connectivity index (χ1n) is 6.07. The van der Waals surface area contributed by atoms with E-state index in [9.17, 15) is 4.79 Å². The maximum atomic E-state index is 11.7. The van der Waals surface area contributed by atoms with E-state index in [-0.39, 0.29) is 5.91 Å². The van der Waals surface area contributed by atoms with Crippen molar-refractivity contribution in [1.29, 1.82) is 0 Å². The normalized spacial score (nSPS) is 19.4. The van der Waals surface area contributed by atoms with E-state index in [1.54, 1.807) is 0 Å². The van der Waals surface area contributed by atoms with Gasteiger partial charge < -0.3 is 20.5 Å².